The molecule has 3 aromatic rings. The topological polar surface area (TPSA) is 92.4 Å². The molecule has 2 atom stereocenters. The highest BCUT2D eigenvalue weighted by Crippen LogP contribution is 2.33. The van der Waals surface area contributed by atoms with E-state index in [1.807, 2.05) is 40.9 Å². The number of carbonyl (C=O) groups excluding carboxylic acids is 1. The lowest BCUT2D eigenvalue weighted by Crippen LogP contribution is -2.48. The Hall–Kier alpha value is -2.80. The van der Waals surface area contributed by atoms with Crippen molar-refractivity contribution in [1.82, 2.24) is 24.9 Å². The molecule has 7 nitrogen and oxygen atoms in total. The minimum absolute atomic E-state index is 0.0940. The van der Waals surface area contributed by atoms with Crippen LogP contribution in [0.1, 0.15) is 96.0 Å². The maximum Gasteiger partial charge on any atom is 0.227 e. The number of nitrogens with one attached hydrogen (secondary N) is 1. The molecular formula is C32H45N5O2. The van der Waals surface area contributed by atoms with Crippen molar-refractivity contribution in [3.8, 4) is 11.3 Å². The van der Waals surface area contributed by atoms with Crippen LogP contribution in [0, 0.1) is 17.8 Å². The van der Waals surface area contributed by atoms with Crippen LogP contribution in [0.3, 0.4) is 0 Å². The van der Waals surface area contributed by atoms with Crippen molar-refractivity contribution in [1.29, 1.82) is 0 Å². The standard InChI is InChI=1S/C32H45N5O2/c1-22(2)18-27-32-36-35-29(37(32)21-28(33-27)24-14-8-4-9-15-24)20-30(38)34-26(19-23-12-6-3-7-13-23)31(39)25-16-10-5-11-17-25/h4,8-9,14-15,21-23,25-26,31,39H,3,5-7,10-13,16-20H2,1-2H3,(H,34,38)/t26-,31-/m0/s1. The van der Waals surface area contributed by atoms with E-state index < -0.39 is 6.10 Å². The van der Waals surface area contributed by atoms with Gasteiger partial charge in [-0.05, 0) is 43.4 Å². The Morgan fingerprint density at radius 3 is 2.38 bits per heavy atom. The van der Waals surface area contributed by atoms with Crippen LogP contribution in [0.2, 0.25) is 0 Å². The number of aromatic nitrogens is 4. The second kappa shape index (κ2) is 13.0. The predicted octanol–water partition coefficient (Wildman–Crippen LogP) is 5.93. The lowest BCUT2D eigenvalue weighted by molar-refractivity contribution is -0.122. The summed E-state index contributed by atoms with van der Waals surface area (Å²) in [5.74, 6) is 1.78. The van der Waals surface area contributed by atoms with Crippen LogP contribution >= 0.6 is 0 Å². The van der Waals surface area contributed by atoms with E-state index in [9.17, 15) is 9.90 Å². The van der Waals surface area contributed by atoms with Crippen LogP contribution in [0.5, 0.6) is 0 Å². The summed E-state index contributed by atoms with van der Waals surface area (Å²) < 4.78 is 1.94. The van der Waals surface area contributed by atoms with Gasteiger partial charge in [0.1, 0.15) is 5.82 Å². The number of aliphatic hydroxyl groups excluding tert-OH is 1. The molecule has 2 saturated carbocycles. The van der Waals surface area contributed by atoms with Crippen LogP contribution in [-0.2, 0) is 17.6 Å². The molecule has 0 aliphatic heterocycles. The maximum absolute atomic E-state index is 13.5. The van der Waals surface area contributed by atoms with E-state index in [1.54, 1.807) is 0 Å². The number of hydrogen-bond acceptors (Lipinski definition) is 5. The Labute approximate surface area is 232 Å². The van der Waals surface area contributed by atoms with Gasteiger partial charge >= 0.3 is 0 Å². The second-order valence-electron chi connectivity index (χ2n) is 12.3. The van der Waals surface area contributed by atoms with E-state index in [0.717, 1.165) is 42.6 Å². The molecule has 2 aromatic heterocycles. The molecular weight excluding hydrogens is 486 g/mol. The number of fused-ring (bicyclic) bond motifs is 1. The summed E-state index contributed by atoms with van der Waals surface area (Å²) in [4.78, 5) is 18.4. The highest BCUT2D eigenvalue weighted by molar-refractivity contribution is 5.78. The van der Waals surface area contributed by atoms with Crippen molar-refractivity contribution in [2.24, 2.45) is 17.8 Å². The number of rotatable bonds is 10. The van der Waals surface area contributed by atoms with Gasteiger partial charge in [0, 0.05) is 11.8 Å². The van der Waals surface area contributed by atoms with Crippen LogP contribution < -0.4 is 5.32 Å². The maximum atomic E-state index is 13.5. The molecule has 5 rings (SSSR count). The first-order valence-corrected chi connectivity index (χ1v) is 15.2. The normalized spacial score (nSPS) is 18.9. The third kappa shape index (κ3) is 7.05. The average molecular weight is 532 g/mol. The number of carbonyl (C=O) groups is 1. The van der Waals surface area contributed by atoms with E-state index in [4.69, 9.17) is 4.98 Å². The molecule has 0 unspecified atom stereocenters. The molecule has 1 aromatic carbocycles. The molecule has 7 heteroatoms. The molecule has 0 bridgehead atoms. The van der Waals surface area contributed by atoms with Crippen LogP contribution in [0.4, 0.5) is 0 Å². The Kier molecular flexibility index (Phi) is 9.28. The van der Waals surface area contributed by atoms with Gasteiger partial charge in [0.05, 0.1) is 30.0 Å². The lowest BCUT2D eigenvalue weighted by atomic mass is 9.78. The third-order valence-corrected chi connectivity index (χ3v) is 8.72. The predicted molar refractivity (Wildman–Crippen MR) is 154 cm³/mol. The fourth-order valence-corrected chi connectivity index (χ4v) is 6.67. The van der Waals surface area contributed by atoms with Gasteiger partial charge < -0.3 is 10.4 Å². The summed E-state index contributed by atoms with van der Waals surface area (Å²) in [6, 6.07) is 9.90. The molecule has 2 aliphatic rings. The summed E-state index contributed by atoms with van der Waals surface area (Å²) in [6.45, 7) is 4.34. The largest absolute Gasteiger partial charge is 0.391 e. The third-order valence-electron chi connectivity index (χ3n) is 8.72. The Bertz CT molecular complexity index is 1210. The van der Waals surface area contributed by atoms with Crippen molar-refractivity contribution in [3.63, 3.8) is 0 Å². The van der Waals surface area contributed by atoms with E-state index in [2.05, 4.69) is 29.4 Å². The number of benzene rings is 1. The van der Waals surface area contributed by atoms with E-state index in [-0.39, 0.29) is 24.3 Å². The highest BCUT2D eigenvalue weighted by Gasteiger charge is 2.32. The fraction of sp³-hybridized carbons (Fsp3) is 0.625. The second-order valence-corrected chi connectivity index (χ2v) is 12.3. The summed E-state index contributed by atoms with van der Waals surface area (Å²) in [7, 11) is 0. The number of amides is 1. The average Bonchev–Trinajstić information content (AvgIpc) is 3.36. The number of aliphatic hydroxyl groups is 1. The summed E-state index contributed by atoms with van der Waals surface area (Å²) in [5.41, 5.74) is 3.49. The molecule has 210 valence electrons. The van der Waals surface area contributed by atoms with E-state index >= 15 is 0 Å². The first kappa shape index (κ1) is 27.8. The van der Waals surface area contributed by atoms with Gasteiger partial charge in [-0.2, -0.15) is 0 Å². The Morgan fingerprint density at radius 2 is 1.69 bits per heavy atom. The van der Waals surface area contributed by atoms with Gasteiger partial charge in [-0.3, -0.25) is 9.20 Å². The van der Waals surface area contributed by atoms with Crippen LogP contribution in [0.25, 0.3) is 16.9 Å². The van der Waals surface area contributed by atoms with Crippen molar-refractivity contribution in [3.05, 3.63) is 48.0 Å². The zero-order valence-corrected chi connectivity index (χ0v) is 23.7. The smallest absolute Gasteiger partial charge is 0.227 e. The van der Waals surface area contributed by atoms with Gasteiger partial charge in [-0.1, -0.05) is 95.5 Å². The van der Waals surface area contributed by atoms with Gasteiger partial charge in [0.25, 0.3) is 0 Å². The molecule has 39 heavy (non-hydrogen) atoms. The minimum Gasteiger partial charge on any atom is -0.391 e. The zero-order valence-electron chi connectivity index (χ0n) is 23.7. The van der Waals surface area contributed by atoms with Gasteiger partial charge in [0.2, 0.25) is 5.91 Å². The van der Waals surface area contributed by atoms with Crippen molar-refractivity contribution >= 4 is 11.6 Å². The molecule has 2 N–H and O–H groups in total. The van der Waals surface area contributed by atoms with Gasteiger partial charge in [0.15, 0.2) is 5.65 Å². The molecule has 2 heterocycles. The minimum atomic E-state index is -0.488. The van der Waals surface area contributed by atoms with Crippen LogP contribution in [0.15, 0.2) is 36.5 Å². The summed E-state index contributed by atoms with van der Waals surface area (Å²) >= 11 is 0. The van der Waals surface area contributed by atoms with Crippen molar-refractivity contribution in [2.45, 2.75) is 109 Å². The van der Waals surface area contributed by atoms with Crippen molar-refractivity contribution in [2.75, 3.05) is 0 Å². The van der Waals surface area contributed by atoms with Crippen molar-refractivity contribution < 1.29 is 9.90 Å². The monoisotopic (exact) mass is 531 g/mol. The number of hydrogen-bond donors (Lipinski definition) is 2. The highest BCUT2D eigenvalue weighted by atomic mass is 16.3. The SMILES string of the molecule is CC(C)Cc1nc(-c2ccccc2)cn2c(CC(=O)N[C@@H](CC3CCCCC3)[C@@H](O)C3CCCCC3)nnc12. The first-order valence-electron chi connectivity index (χ1n) is 15.2. The van der Waals surface area contributed by atoms with Gasteiger partial charge in [-0.25, -0.2) is 4.98 Å². The van der Waals surface area contributed by atoms with Crippen LogP contribution in [-0.4, -0.2) is 42.7 Å². The van der Waals surface area contributed by atoms with E-state index in [1.165, 1.54) is 51.4 Å². The first-order chi connectivity index (χ1) is 19.0. The zero-order chi connectivity index (χ0) is 27.2. The molecule has 1 amide bonds. The lowest BCUT2D eigenvalue weighted by Gasteiger charge is -2.35. The molecule has 0 radical (unpaired) electrons. The fourth-order valence-electron chi connectivity index (χ4n) is 6.67. The summed E-state index contributed by atoms with van der Waals surface area (Å²) in [6.07, 6.45) is 15.2. The molecule has 0 saturated heterocycles. The Morgan fingerprint density at radius 1 is 1.00 bits per heavy atom. The van der Waals surface area contributed by atoms with E-state index in [0.29, 0.717) is 23.3 Å². The quantitative estimate of drug-likeness (QED) is 0.338. The van der Waals surface area contributed by atoms with Gasteiger partial charge in [-0.15, -0.1) is 10.2 Å². The number of nitrogens with zero attached hydrogens (tertiary/aromatic N) is 4. The molecule has 0 spiro atoms. The molecule has 2 aliphatic carbocycles. The molecule has 2 fully saturated rings. The summed E-state index contributed by atoms with van der Waals surface area (Å²) in [5, 5.41) is 23.6. The Balaban J connectivity index is 1.37.